The van der Waals surface area contributed by atoms with Crippen molar-refractivity contribution < 1.29 is 13.9 Å². The second-order valence-corrected chi connectivity index (χ2v) is 7.85. The minimum Gasteiger partial charge on any atom is -0.492 e. The summed E-state index contributed by atoms with van der Waals surface area (Å²) in [5.41, 5.74) is 1.31. The first-order valence-electron chi connectivity index (χ1n) is 9.10. The monoisotopic (exact) mass is 535 g/mol. The average Bonchev–Trinajstić information content (AvgIpc) is 2.74. The van der Waals surface area contributed by atoms with Crippen molar-refractivity contribution in [3.8, 4) is 5.75 Å². The highest BCUT2D eigenvalue weighted by Crippen LogP contribution is 2.16. The lowest BCUT2D eigenvalue weighted by Gasteiger charge is -2.12. The van der Waals surface area contributed by atoms with Crippen LogP contribution in [0.2, 0.25) is 0 Å². The summed E-state index contributed by atoms with van der Waals surface area (Å²) in [6.45, 7) is 1.03. The third-order valence-corrected chi connectivity index (χ3v) is 4.95. The van der Waals surface area contributed by atoms with Crippen LogP contribution in [0.1, 0.15) is 10.4 Å². The van der Waals surface area contributed by atoms with Gasteiger partial charge in [0.15, 0.2) is 5.11 Å². The third-order valence-electron chi connectivity index (χ3n) is 3.99. The summed E-state index contributed by atoms with van der Waals surface area (Å²) in [5, 5.41) is 9.26. The number of carbonyl (C=O) groups is 1. The molecule has 3 N–H and O–H groups in total. The summed E-state index contributed by atoms with van der Waals surface area (Å²) in [6, 6.07) is 20.6. The largest absolute Gasteiger partial charge is 0.492 e. The van der Waals surface area contributed by atoms with Crippen molar-refractivity contribution in [2.75, 3.05) is 23.8 Å². The van der Waals surface area contributed by atoms with Crippen LogP contribution in [0, 0.1) is 9.39 Å². The number of anilines is 2. The molecule has 8 heteroatoms. The Kier molecular flexibility index (Phi) is 7.97. The van der Waals surface area contributed by atoms with E-state index in [4.69, 9.17) is 17.0 Å². The quantitative estimate of drug-likeness (QED) is 0.225. The summed E-state index contributed by atoms with van der Waals surface area (Å²) in [7, 11) is 0. The minimum absolute atomic E-state index is 0.00228. The Morgan fingerprint density at radius 1 is 0.933 bits per heavy atom. The zero-order valence-corrected chi connectivity index (χ0v) is 18.8. The lowest BCUT2D eigenvalue weighted by molar-refractivity contribution is 0.102. The van der Waals surface area contributed by atoms with Crippen LogP contribution in [0.15, 0.2) is 72.8 Å². The fraction of sp³-hybridized carbons (Fsp3) is 0.0909. The van der Waals surface area contributed by atoms with Gasteiger partial charge in [-0.05, 0) is 95.5 Å². The molecular formula is C22H19FIN3O2S. The molecule has 3 aromatic rings. The second kappa shape index (κ2) is 10.9. The number of benzene rings is 3. The van der Waals surface area contributed by atoms with Crippen molar-refractivity contribution in [3.05, 3.63) is 87.7 Å². The van der Waals surface area contributed by atoms with E-state index in [1.54, 1.807) is 30.3 Å². The Labute approximate surface area is 193 Å². The summed E-state index contributed by atoms with van der Waals surface area (Å²) in [6.07, 6.45) is 0. The van der Waals surface area contributed by atoms with Gasteiger partial charge in [0.25, 0.3) is 5.91 Å². The molecule has 5 nitrogen and oxygen atoms in total. The zero-order chi connectivity index (χ0) is 21.3. The van der Waals surface area contributed by atoms with Crippen LogP contribution in [0.25, 0.3) is 0 Å². The van der Waals surface area contributed by atoms with Gasteiger partial charge in [-0.15, -0.1) is 0 Å². The molecule has 3 rings (SSSR count). The SMILES string of the molecule is O=C(Nc1ccc(NC(=S)NCCOc2ccc(I)cc2)cc1)c1ccccc1F. The molecular weight excluding hydrogens is 516 g/mol. The Morgan fingerprint density at radius 3 is 2.23 bits per heavy atom. The fourth-order valence-corrected chi connectivity index (χ4v) is 3.10. The summed E-state index contributed by atoms with van der Waals surface area (Å²) in [5.74, 6) is -0.251. The van der Waals surface area contributed by atoms with Crippen molar-refractivity contribution in [3.63, 3.8) is 0 Å². The molecule has 0 radical (unpaired) electrons. The smallest absolute Gasteiger partial charge is 0.258 e. The number of ether oxygens (including phenoxy) is 1. The van der Waals surface area contributed by atoms with Crippen LogP contribution in [-0.4, -0.2) is 24.2 Å². The number of halogens is 2. The van der Waals surface area contributed by atoms with Crippen molar-refractivity contribution in [1.29, 1.82) is 0 Å². The predicted octanol–water partition coefficient (Wildman–Crippen LogP) is 5.05. The summed E-state index contributed by atoms with van der Waals surface area (Å²) < 4.78 is 20.5. The Bertz CT molecular complexity index is 1010. The maximum Gasteiger partial charge on any atom is 0.258 e. The number of nitrogens with one attached hydrogen (secondary N) is 3. The van der Waals surface area contributed by atoms with E-state index >= 15 is 0 Å². The van der Waals surface area contributed by atoms with Crippen LogP contribution in [0.3, 0.4) is 0 Å². The molecule has 0 atom stereocenters. The van der Waals surface area contributed by atoms with Gasteiger partial charge in [0.1, 0.15) is 18.2 Å². The van der Waals surface area contributed by atoms with E-state index in [0.717, 1.165) is 15.0 Å². The van der Waals surface area contributed by atoms with Crippen LogP contribution in [0.5, 0.6) is 5.75 Å². The molecule has 0 aliphatic heterocycles. The Morgan fingerprint density at radius 2 is 1.57 bits per heavy atom. The van der Waals surface area contributed by atoms with Gasteiger partial charge in [0.05, 0.1) is 12.1 Å². The van der Waals surface area contributed by atoms with Gasteiger partial charge in [-0.3, -0.25) is 4.79 Å². The number of hydrogen-bond donors (Lipinski definition) is 3. The molecule has 0 aliphatic rings. The molecule has 3 aromatic carbocycles. The first kappa shape index (κ1) is 22.0. The second-order valence-electron chi connectivity index (χ2n) is 6.19. The molecule has 0 aliphatic carbocycles. The average molecular weight is 535 g/mol. The minimum atomic E-state index is -0.560. The van der Waals surface area contributed by atoms with E-state index in [9.17, 15) is 9.18 Å². The van der Waals surface area contributed by atoms with E-state index in [-0.39, 0.29) is 5.56 Å². The summed E-state index contributed by atoms with van der Waals surface area (Å²) in [4.78, 5) is 12.2. The van der Waals surface area contributed by atoms with E-state index in [2.05, 4.69) is 38.5 Å². The van der Waals surface area contributed by atoms with Gasteiger partial charge in [-0.2, -0.15) is 0 Å². The van der Waals surface area contributed by atoms with Crippen molar-refractivity contribution in [2.24, 2.45) is 0 Å². The van der Waals surface area contributed by atoms with Crippen molar-refractivity contribution >= 4 is 57.2 Å². The van der Waals surface area contributed by atoms with Gasteiger partial charge < -0.3 is 20.7 Å². The highest BCUT2D eigenvalue weighted by atomic mass is 127. The lowest BCUT2D eigenvalue weighted by Crippen LogP contribution is -2.31. The Hall–Kier alpha value is -2.72. The number of amides is 1. The van der Waals surface area contributed by atoms with Crippen LogP contribution >= 0.6 is 34.8 Å². The molecule has 0 heterocycles. The van der Waals surface area contributed by atoms with Crippen LogP contribution < -0.4 is 20.7 Å². The fourth-order valence-electron chi connectivity index (χ4n) is 2.52. The third kappa shape index (κ3) is 6.67. The highest BCUT2D eigenvalue weighted by Gasteiger charge is 2.10. The molecule has 1 amide bonds. The molecule has 154 valence electrons. The first-order chi connectivity index (χ1) is 14.5. The number of hydrogen-bond acceptors (Lipinski definition) is 3. The predicted molar refractivity (Wildman–Crippen MR) is 130 cm³/mol. The topological polar surface area (TPSA) is 62.4 Å². The van der Waals surface area contributed by atoms with E-state index in [1.165, 1.54) is 18.2 Å². The molecule has 0 fully saturated rings. The van der Waals surface area contributed by atoms with Crippen molar-refractivity contribution in [2.45, 2.75) is 0 Å². The zero-order valence-electron chi connectivity index (χ0n) is 15.8. The van der Waals surface area contributed by atoms with E-state index < -0.39 is 11.7 Å². The molecule has 0 saturated carbocycles. The molecule has 0 bridgehead atoms. The molecule has 0 unspecified atom stereocenters. The standard InChI is InChI=1S/C22H19FIN3O2S/c23-20-4-2-1-3-19(20)21(28)26-16-7-9-17(10-8-16)27-22(30)25-13-14-29-18-11-5-15(24)6-12-18/h1-12H,13-14H2,(H,26,28)(H2,25,27,30). The lowest BCUT2D eigenvalue weighted by atomic mass is 10.2. The number of carbonyl (C=O) groups excluding carboxylic acids is 1. The molecule has 30 heavy (non-hydrogen) atoms. The van der Waals surface area contributed by atoms with Crippen molar-refractivity contribution in [1.82, 2.24) is 5.32 Å². The molecule has 0 aromatic heterocycles. The van der Waals surface area contributed by atoms with Crippen LogP contribution in [0.4, 0.5) is 15.8 Å². The van der Waals surface area contributed by atoms with E-state index in [1.807, 2.05) is 24.3 Å². The molecule has 0 saturated heterocycles. The van der Waals surface area contributed by atoms with Gasteiger partial charge in [-0.1, -0.05) is 12.1 Å². The van der Waals surface area contributed by atoms with Gasteiger partial charge in [0.2, 0.25) is 0 Å². The Balaban J connectivity index is 1.42. The maximum absolute atomic E-state index is 13.7. The normalized spacial score (nSPS) is 10.2. The first-order valence-corrected chi connectivity index (χ1v) is 10.6. The summed E-state index contributed by atoms with van der Waals surface area (Å²) >= 11 is 7.52. The molecule has 0 spiro atoms. The number of rotatable bonds is 7. The maximum atomic E-state index is 13.7. The van der Waals surface area contributed by atoms with Gasteiger partial charge >= 0.3 is 0 Å². The highest BCUT2D eigenvalue weighted by molar-refractivity contribution is 14.1. The van der Waals surface area contributed by atoms with Gasteiger partial charge in [-0.25, -0.2) is 4.39 Å². The van der Waals surface area contributed by atoms with Gasteiger partial charge in [0, 0.05) is 14.9 Å². The van der Waals surface area contributed by atoms with E-state index in [0.29, 0.717) is 24.0 Å². The number of thiocarbonyl (C=S) groups is 1. The van der Waals surface area contributed by atoms with Crippen LogP contribution in [-0.2, 0) is 0 Å².